The molecule has 0 saturated carbocycles. The minimum Gasteiger partial charge on any atom is -0.248 e. The number of aromatic nitrogens is 3. The van der Waals surface area contributed by atoms with Crippen LogP contribution < -0.4 is 0 Å². The fourth-order valence-electron chi connectivity index (χ4n) is 2.32. The third-order valence-corrected chi connectivity index (χ3v) is 4.62. The molecular weight excluding hydrogens is 312 g/mol. The molecule has 0 aliphatic rings. The quantitative estimate of drug-likeness (QED) is 0.751. The van der Waals surface area contributed by atoms with Crippen LogP contribution in [0.2, 0.25) is 0 Å². The van der Waals surface area contributed by atoms with Gasteiger partial charge in [0.1, 0.15) is 18.0 Å². The Morgan fingerprint density at radius 2 is 1.81 bits per heavy atom. The van der Waals surface area contributed by atoms with Gasteiger partial charge >= 0.3 is 0 Å². The fourth-order valence-corrected chi connectivity index (χ4v) is 3.11. The smallest absolute Gasteiger partial charge is 0.138 e. The Bertz CT molecular complexity index is 577. The van der Waals surface area contributed by atoms with E-state index in [9.17, 15) is 4.39 Å². The second-order valence-electron chi connectivity index (χ2n) is 5.45. The molecule has 0 spiro atoms. The van der Waals surface area contributed by atoms with E-state index in [1.807, 2.05) is 18.5 Å². The molecule has 2 rings (SSSR count). The summed E-state index contributed by atoms with van der Waals surface area (Å²) in [5, 5.41) is 4.24. The van der Waals surface area contributed by atoms with Crippen LogP contribution in [0.5, 0.6) is 0 Å². The molecule has 114 valence electrons. The van der Waals surface area contributed by atoms with E-state index in [2.05, 4.69) is 10.1 Å². The van der Waals surface area contributed by atoms with Crippen molar-refractivity contribution in [2.75, 3.05) is 11.8 Å². The van der Waals surface area contributed by atoms with Gasteiger partial charge < -0.3 is 0 Å². The number of hydrogen-bond acceptors (Lipinski definition) is 2. The summed E-state index contributed by atoms with van der Waals surface area (Å²) >= 11 is 12.4. The van der Waals surface area contributed by atoms with Crippen molar-refractivity contribution in [3.63, 3.8) is 0 Å². The molecule has 0 radical (unpaired) electrons. The highest BCUT2D eigenvalue weighted by Gasteiger charge is 2.33. The van der Waals surface area contributed by atoms with Crippen LogP contribution >= 0.6 is 23.2 Å². The van der Waals surface area contributed by atoms with E-state index >= 15 is 0 Å². The fraction of sp³-hybridized carbons (Fsp3) is 0.467. The standard InChI is InChI=1S/C15H18Cl2FN3/c1-11(2)21-14(19-10-20-21)7-15(8-16,9-17)12-3-5-13(18)6-4-12/h3-6,10-11H,7-9H2,1-2H3. The molecule has 0 unspecified atom stereocenters. The first kappa shape index (κ1) is 16.2. The highest BCUT2D eigenvalue weighted by Crippen LogP contribution is 2.31. The Balaban J connectivity index is 2.38. The maximum atomic E-state index is 13.1. The monoisotopic (exact) mass is 329 g/mol. The SMILES string of the molecule is CC(C)n1ncnc1CC(CCl)(CCl)c1ccc(F)cc1. The molecular formula is C15H18Cl2FN3. The molecule has 3 nitrogen and oxygen atoms in total. The molecule has 1 aromatic carbocycles. The number of hydrogen-bond donors (Lipinski definition) is 0. The molecule has 2 aromatic rings. The molecule has 0 aliphatic carbocycles. The molecule has 0 N–H and O–H groups in total. The largest absolute Gasteiger partial charge is 0.248 e. The van der Waals surface area contributed by atoms with Crippen LogP contribution in [-0.2, 0) is 11.8 Å². The maximum Gasteiger partial charge on any atom is 0.138 e. The Labute approximate surface area is 134 Å². The van der Waals surface area contributed by atoms with Gasteiger partial charge in [0.25, 0.3) is 0 Å². The zero-order valence-electron chi connectivity index (χ0n) is 12.1. The van der Waals surface area contributed by atoms with E-state index in [0.29, 0.717) is 18.2 Å². The molecule has 1 aromatic heterocycles. The first-order valence-corrected chi connectivity index (χ1v) is 7.85. The van der Waals surface area contributed by atoms with Crippen molar-refractivity contribution in [1.82, 2.24) is 14.8 Å². The van der Waals surface area contributed by atoms with Crippen molar-refractivity contribution in [2.45, 2.75) is 31.7 Å². The van der Waals surface area contributed by atoms with Crippen LogP contribution in [0.1, 0.15) is 31.3 Å². The van der Waals surface area contributed by atoms with Crippen molar-refractivity contribution in [1.29, 1.82) is 0 Å². The summed E-state index contributed by atoms with van der Waals surface area (Å²) in [6.45, 7) is 4.08. The van der Waals surface area contributed by atoms with Gasteiger partial charge in [-0.25, -0.2) is 14.1 Å². The summed E-state index contributed by atoms with van der Waals surface area (Å²) in [5.74, 6) is 1.21. The molecule has 1 heterocycles. The zero-order valence-corrected chi connectivity index (χ0v) is 13.6. The van der Waals surface area contributed by atoms with Gasteiger partial charge in [-0.2, -0.15) is 5.10 Å². The van der Waals surface area contributed by atoms with Crippen LogP contribution in [0.4, 0.5) is 4.39 Å². The average molecular weight is 330 g/mol. The minimum atomic E-state index is -0.490. The van der Waals surface area contributed by atoms with E-state index in [0.717, 1.165) is 11.4 Å². The number of alkyl halides is 2. The van der Waals surface area contributed by atoms with Crippen LogP contribution in [0, 0.1) is 5.82 Å². The Hall–Kier alpha value is -1.13. The Kier molecular flexibility index (Phi) is 5.22. The van der Waals surface area contributed by atoms with Crippen molar-refractivity contribution >= 4 is 23.2 Å². The lowest BCUT2D eigenvalue weighted by Gasteiger charge is -2.30. The second kappa shape index (κ2) is 6.75. The topological polar surface area (TPSA) is 30.7 Å². The van der Waals surface area contributed by atoms with Crippen LogP contribution in [0.25, 0.3) is 0 Å². The van der Waals surface area contributed by atoms with Gasteiger partial charge in [-0.3, -0.25) is 0 Å². The molecule has 0 bridgehead atoms. The van der Waals surface area contributed by atoms with Crippen molar-refractivity contribution in [3.8, 4) is 0 Å². The first-order valence-electron chi connectivity index (χ1n) is 6.79. The van der Waals surface area contributed by atoms with Crippen LogP contribution in [-0.4, -0.2) is 26.5 Å². The lowest BCUT2D eigenvalue weighted by atomic mass is 9.80. The molecule has 0 saturated heterocycles. The van der Waals surface area contributed by atoms with Crippen LogP contribution in [0.15, 0.2) is 30.6 Å². The molecule has 0 atom stereocenters. The lowest BCUT2D eigenvalue weighted by Crippen LogP contribution is -2.34. The number of nitrogens with zero attached hydrogens (tertiary/aromatic N) is 3. The van der Waals surface area contributed by atoms with Crippen molar-refractivity contribution in [3.05, 3.63) is 47.8 Å². The van der Waals surface area contributed by atoms with Gasteiger partial charge in [0.05, 0.1) is 0 Å². The summed E-state index contributed by atoms with van der Waals surface area (Å²) in [7, 11) is 0. The highest BCUT2D eigenvalue weighted by atomic mass is 35.5. The predicted octanol–water partition coefficient (Wildman–Crippen LogP) is 3.96. The summed E-state index contributed by atoms with van der Waals surface area (Å²) in [5.41, 5.74) is 0.420. The molecule has 0 aliphatic heterocycles. The van der Waals surface area contributed by atoms with E-state index in [-0.39, 0.29) is 11.9 Å². The van der Waals surface area contributed by atoms with Crippen molar-refractivity contribution in [2.24, 2.45) is 0 Å². The summed E-state index contributed by atoms with van der Waals surface area (Å²) in [6.07, 6.45) is 2.09. The first-order chi connectivity index (χ1) is 10.0. The van der Waals surface area contributed by atoms with Gasteiger partial charge in [-0.15, -0.1) is 23.2 Å². The van der Waals surface area contributed by atoms with Gasteiger partial charge in [0.15, 0.2) is 0 Å². The summed E-state index contributed by atoms with van der Waals surface area (Å²) < 4.78 is 15.0. The lowest BCUT2D eigenvalue weighted by molar-refractivity contribution is 0.454. The van der Waals surface area contributed by atoms with E-state index in [1.54, 1.807) is 12.1 Å². The van der Waals surface area contributed by atoms with Gasteiger partial charge in [0.2, 0.25) is 0 Å². The summed E-state index contributed by atoms with van der Waals surface area (Å²) in [6, 6.07) is 6.53. The maximum absolute atomic E-state index is 13.1. The molecule has 21 heavy (non-hydrogen) atoms. The van der Waals surface area contributed by atoms with Gasteiger partial charge in [0, 0.05) is 29.6 Å². The van der Waals surface area contributed by atoms with E-state index in [4.69, 9.17) is 23.2 Å². The normalized spacial score (nSPS) is 12.1. The van der Waals surface area contributed by atoms with Gasteiger partial charge in [-0.05, 0) is 31.5 Å². The minimum absolute atomic E-state index is 0.207. The Morgan fingerprint density at radius 3 is 2.33 bits per heavy atom. The number of rotatable bonds is 6. The van der Waals surface area contributed by atoms with E-state index < -0.39 is 5.41 Å². The summed E-state index contributed by atoms with van der Waals surface area (Å²) in [4.78, 5) is 4.32. The predicted molar refractivity (Wildman–Crippen MR) is 83.6 cm³/mol. The molecule has 0 amide bonds. The zero-order chi connectivity index (χ0) is 15.5. The molecule has 0 fully saturated rings. The number of benzene rings is 1. The highest BCUT2D eigenvalue weighted by molar-refractivity contribution is 6.22. The van der Waals surface area contributed by atoms with E-state index in [1.165, 1.54) is 18.5 Å². The number of halogens is 3. The Morgan fingerprint density at radius 1 is 1.19 bits per heavy atom. The second-order valence-corrected chi connectivity index (χ2v) is 5.98. The molecule has 6 heteroatoms. The van der Waals surface area contributed by atoms with Crippen LogP contribution in [0.3, 0.4) is 0 Å². The third-order valence-electron chi connectivity index (χ3n) is 3.60. The van der Waals surface area contributed by atoms with Crippen molar-refractivity contribution < 1.29 is 4.39 Å². The average Bonchev–Trinajstić information content (AvgIpc) is 2.94. The third kappa shape index (κ3) is 3.38. The van der Waals surface area contributed by atoms with Gasteiger partial charge in [-0.1, -0.05) is 12.1 Å².